The molecule has 0 aliphatic carbocycles. The van der Waals surface area contributed by atoms with Crippen LogP contribution in [0.25, 0.3) is 0 Å². The molecule has 2 aromatic rings. The van der Waals surface area contributed by atoms with E-state index in [4.69, 9.17) is 25.9 Å². The predicted octanol–water partition coefficient (Wildman–Crippen LogP) is 0.296. The van der Waals surface area contributed by atoms with Crippen LogP contribution >= 0.6 is 0 Å². The van der Waals surface area contributed by atoms with Gasteiger partial charge in [-0.25, -0.2) is 0 Å². The molecule has 0 aliphatic heterocycles. The largest absolute Gasteiger partial charge is 0.475 e. The van der Waals surface area contributed by atoms with Gasteiger partial charge < -0.3 is 25.9 Å². The second-order valence-electron chi connectivity index (χ2n) is 5.10. The molecule has 2 aromatic carbocycles. The summed E-state index contributed by atoms with van der Waals surface area (Å²) >= 11 is 0. The van der Waals surface area contributed by atoms with Crippen LogP contribution in [0.3, 0.4) is 0 Å². The maximum atomic E-state index is 6.43. The van der Waals surface area contributed by atoms with Crippen LogP contribution in [0.1, 0.15) is 0 Å². The highest BCUT2D eigenvalue weighted by atomic mass is 28.5. The van der Waals surface area contributed by atoms with Crippen LogP contribution < -0.4 is 10.4 Å². The summed E-state index contributed by atoms with van der Waals surface area (Å²) in [5, 5.41) is 1.89. The van der Waals surface area contributed by atoms with E-state index in [1.54, 1.807) is 28.4 Å². The first-order valence-corrected chi connectivity index (χ1v) is 12.4. The molecule has 6 nitrogen and oxygen atoms in total. The average Bonchev–Trinajstić information content (AvgIpc) is 2.70. The molecular formula is C16H24O6Si3. The standard InChI is InChI=1S/C16H24O6Si3/c1-17-23(18-2)21-25(22-24(19-3)20-4,15-11-7-5-8-12-15)16-13-9-6-10-14-16/h5-14,23-24H,1-4H3. The lowest BCUT2D eigenvalue weighted by Gasteiger charge is -2.35. The Kier molecular flexibility index (Phi) is 8.15. The zero-order valence-corrected chi connectivity index (χ0v) is 18.2. The van der Waals surface area contributed by atoms with Gasteiger partial charge in [-0.15, -0.1) is 0 Å². The second kappa shape index (κ2) is 10.1. The molecule has 0 heterocycles. The summed E-state index contributed by atoms with van der Waals surface area (Å²) in [7, 11) is -1.59. The van der Waals surface area contributed by atoms with Gasteiger partial charge >= 0.3 is 27.6 Å². The molecule has 0 bridgehead atoms. The number of rotatable bonds is 10. The smallest absolute Gasteiger partial charge is 0.389 e. The third kappa shape index (κ3) is 4.94. The third-order valence-corrected chi connectivity index (χ3v) is 11.5. The summed E-state index contributed by atoms with van der Waals surface area (Å²) in [5.74, 6) is 0. The van der Waals surface area contributed by atoms with Gasteiger partial charge in [0, 0.05) is 28.4 Å². The molecule has 0 N–H and O–H groups in total. The summed E-state index contributed by atoms with van der Waals surface area (Å²) < 4.78 is 34.6. The zero-order valence-electron chi connectivity index (χ0n) is 14.9. The summed E-state index contributed by atoms with van der Waals surface area (Å²) in [6.45, 7) is 0. The molecule has 2 rings (SSSR count). The van der Waals surface area contributed by atoms with Crippen LogP contribution in [0.2, 0.25) is 0 Å². The Hall–Kier alpha value is -1.15. The number of hydrogen-bond donors (Lipinski definition) is 0. The molecule has 0 radical (unpaired) electrons. The molecule has 0 spiro atoms. The van der Waals surface area contributed by atoms with E-state index in [1.807, 2.05) is 60.7 Å². The van der Waals surface area contributed by atoms with Crippen LogP contribution in [0.4, 0.5) is 0 Å². The molecule has 136 valence electrons. The fourth-order valence-electron chi connectivity index (χ4n) is 2.44. The van der Waals surface area contributed by atoms with E-state index in [0.717, 1.165) is 10.4 Å². The summed E-state index contributed by atoms with van der Waals surface area (Å²) in [4.78, 5) is 0. The monoisotopic (exact) mass is 396 g/mol. The third-order valence-electron chi connectivity index (χ3n) is 3.60. The van der Waals surface area contributed by atoms with Gasteiger partial charge in [-0.05, 0) is 10.4 Å². The summed E-state index contributed by atoms with van der Waals surface area (Å²) in [5.41, 5.74) is 0. The first-order chi connectivity index (χ1) is 12.2. The van der Waals surface area contributed by atoms with Gasteiger partial charge in [0.25, 0.3) is 0 Å². The maximum absolute atomic E-state index is 6.43. The predicted molar refractivity (Wildman–Crippen MR) is 102 cm³/mol. The van der Waals surface area contributed by atoms with Crippen LogP contribution in [0.15, 0.2) is 60.7 Å². The molecule has 0 fully saturated rings. The fourth-order valence-corrected chi connectivity index (χ4v) is 11.0. The van der Waals surface area contributed by atoms with Crippen molar-refractivity contribution in [3.8, 4) is 0 Å². The minimum atomic E-state index is -3.13. The molecule has 25 heavy (non-hydrogen) atoms. The number of hydrogen-bond acceptors (Lipinski definition) is 6. The quantitative estimate of drug-likeness (QED) is 0.539. The average molecular weight is 397 g/mol. The lowest BCUT2D eigenvalue weighted by molar-refractivity contribution is 0.161. The SMILES string of the molecule is CO[SiH](OC)O[Si](O[SiH](OC)OC)(c1ccccc1)c1ccccc1. The van der Waals surface area contributed by atoms with E-state index >= 15 is 0 Å². The van der Waals surface area contributed by atoms with Gasteiger partial charge in [-0.2, -0.15) is 0 Å². The fraction of sp³-hybridized carbons (Fsp3) is 0.250. The minimum absolute atomic E-state index is 0.944. The van der Waals surface area contributed by atoms with E-state index < -0.39 is 27.6 Å². The normalized spacial score (nSPS) is 12.1. The topological polar surface area (TPSA) is 55.4 Å². The van der Waals surface area contributed by atoms with Crippen LogP contribution in [0, 0.1) is 0 Å². The minimum Gasteiger partial charge on any atom is -0.389 e. The van der Waals surface area contributed by atoms with E-state index in [2.05, 4.69) is 0 Å². The lowest BCUT2D eigenvalue weighted by atomic mass is 10.4. The van der Waals surface area contributed by atoms with Crippen LogP contribution in [-0.2, 0) is 25.9 Å². The number of benzene rings is 2. The Morgan fingerprint density at radius 1 is 0.560 bits per heavy atom. The molecule has 9 heteroatoms. The molecule has 0 amide bonds. The molecule has 0 unspecified atom stereocenters. The van der Waals surface area contributed by atoms with Crippen molar-refractivity contribution in [3.63, 3.8) is 0 Å². The van der Waals surface area contributed by atoms with Crippen molar-refractivity contribution in [2.75, 3.05) is 28.4 Å². The Balaban J connectivity index is 2.59. The van der Waals surface area contributed by atoms with Crippen molar-refractivity contribution in [2.24, 2.45) is 0 Å². The van der Waals surface area contributed by atoms with E-state index in [1.165, 1.54) is 0 Å². The second-order valence-corrected chi connectivity index (χ2v) is 12.4. The zero-order chi connectivity index (χ0) is 18.1. The van der Waals surface area contributed by atoms with Crippen molar-refractivity contribution >= 4 is 38.0 Å². The molecule has 0 saturated carbocycles. The van der Waals surface area contributed by atoms with Crippen LogP contribution in [-0.4, -0.2) is 56.1 Å². The maximum Gasteiger partial charge on any atom is 0.475 e. The van der Waals surface area contributed by atoms with Crippen molar-refractivity contribution in [3.05, 3.63) is 60.7 Å². The Bertz CT molecular complexity index is 552. The van der Waals surface area contributed by atoms with Gasteiger partial charge in [-0.3, -0.25) is 0 Å². The molecular weight excluding hydrogens is 372 g/mol. The first kappa shape index (κ1) is 20.2. The Labute approximate surface area is 153 Å². The highest BCUT2D eigenvalue weighted by Gasteiger charge is 2.48. The highest BCUT2D eigenvalue weighted by Crippen LogP contribution is 2.14. The van der Waals surface area contributed by atoms with Crippen molar-refractivity contribution in [1.82, 2.24) is 0 Å². The summed E-state index contributed by atoms with van der Waals surface area (Å²) in [6, 6.07) is 19.7. The lowest BCUT2D eigenvalue weighted by Crippen LogP contribution is -2.68. The van der Waals surface area contributed by atoms with Crippen LogP contribution in [0.5, 0.6) is 0 Å². The molecule has 0 saturated heterocycles. The van der Waals surface area contributed by atoms with Gasteiger partial charge in [-0.1, -0.05) is 60.7 Å². The Morgan fingerprint density at radius 2 is 0.880 bits per heavy atom. The van der Waals surface area contributed by atoms with Crippen molar-refractivity contribution in [1.29, 1.82) is 0 Å². The summed E-state index contributed by atoms with van der Waals surface area (Å²) in [6.07, 6.45) is 0. The molecule has 0 aliphatic rings. The van der Waals surface area contributed by atoms with E-state index in [-0.39, 0.29) is 0 Å². The van der Waals surface area contributed by atoms with Gasteiger partial charge in [0.05, 0.1) is 0 Å². The Morgan fingerprint density at radius 3 is 1.16 bits per heavy atom. The first-order valence-electron chi connectivity index (χ1n) is 7.78. The van der Waals surface area contributed by atoms with Gasteiger partial charge in [0.1, 0.15) is 0 Å². The van der Waals surface area contributed by atoms with Crippen molar-refractivity contribution < 1.29 is 25.9 Å². The molecule has 0 aromatic heterocycles. The van der Waals surface area contributed by atoms with E-state index in [9.17, 15) is 0 Å². The van der Waals surface area contributed by atoms with Gasteiger partial charge in [0.2, 0.25) is 0 Å². The van der Waals surface area contributed by atoms with E-state index in [0.29, 0.717) is 0 Å². The highest BCUT2D eigenvalue weighted by molar-refractivity contribution is 6.97. The van der Waals surface area contributed by atoms with Crippen molar-refractivity contribution in [2.45, 2.75) is 0 Å². The molecule has 0 atom stereocenters. The van der Waals surface area contributed by atoms with Gasteiger partial charge in [0.15, 0.2) is 0 Å².